The summed E-state index contributed by atoms with van der Waals surface area (Å²) in [4.78, 5) is 29.5. The summed E-state index contributed by atoms with van der Waals surface area (Å²) in [6, 6.07) is 11.6. The number of hydrogen-bond acceptors (Lipinski definition) is 6. The maximum atomic E-state index is 13.7. The van der Waals surface area contributed by atoms with Gasteiger partial charge in [-0.1, -0.05) is 51.5 Å². The van der Waals surface area contributed by atoms with Crippen molar-refractivity contribution in [1.29, 1.82) is 0 Å². The predicted octanol–water partition coefficient (Wildman–Crippen LogP) is 6.84. The van der Waals surface area contributed by atoms with Gasteiger partial charge >= 0.3 is 10.1 Å². The average Bonchev–Trinajstić information content (AvgIpc) is 2.81. The maximum absolute atomic E-state index is 13.7. The number of carbonyl (C=O) groups is 2. The highest BCUT2D eigenvalue weighted by molar-refractivity contribution is 9.10. The van der Waals surface area contributed by atoms with Gasteiger partial charge in [-0.05, 0) is 76.4 Å². The van der Waals surface area contributed by atoms with Crippen molar-refractivity contribution in [2.24, 2.45) is 10.8 Å². The number of benzene rings is 2. The van der Waals surface area contributed by atoms with E-state index in [1.807, 2.05) is 14.0 Å². The molecule has 0 spiro atoms. The minimum atomic E-state index is -4.04. The summed E-state index contributed by atoms with van der Waals surface area (Å²) >= 11 is 3.50. The molecule has 0 amide bonds. The van der Waals surface area contributed by atoms with Crippen molar-refractivity contribution in [2.45, 2.75) is 71.1 Å². The smallest absolute Gasteiger partial charge is 0.339 e. The normalized spacial score (nSPS) is 21.2. The molecule has 1 heterocycles. The second-order valence-electron chi connectivity index (χ2n) is 12.6. The van der Waals surface area contributed by atoms with Gasteiger partial charge in [-0.15, -0.1) is 0 Å². The lowest BCUT2D eigenvalue weighted by atomic mass is 9.64. The van der Waals surface area contributed by atoms with E-state index in [0.717, 1.165) is 35.4 Å². The summed E-state index contributed by atoms with van der Waals surface area (Å²) in [5.74, 6) is -0.248. The fourth-order valence-electron chi connectivity index (χ4n) is 6.13. The Labute approximate surface area is 239 Å². The first kappa shape index (κ1) is 27.8. The summed E-state index contributed by atoms with van der Waals surface area (Å²) < 4.78 is 31.8. The van der Waals surface area contributed by atoms with Crippen molar-refractivity contribution in [3.05, 3.63) is 80.6 Å². The molecule has 2 aliphatic carbocycles. The van der Waals surface area contributed by atoms with Gasteiger partial charge in [-0.25, -0.2) is 0 Å². The van der Waals surface area contributed by atoms with Gasteiger partial charge in [0.2, 0.25) is 0 Å². The van der Waals surface area contributed by atoms with E-state index in [1.165, 1.54) is 12.1 Å². The van der Waals surface area contributed by atoms with Crippen molar-refractivity contribution in [2.75, 3.05) is 7.05 Å². The van der Waals surface area contributed by atoms with Crippen LogP contribution in [0.3, 0.4) is 0 Å². The molecule has 1 aliphatic heterocycles. The van der Waals surface area contributed by atoms with Crippen LogP contribution in [-0.4, -0.2) is 31.9 Å². The topological polar surface area (TPSA) is 80.8 Å². The van der Waals surface area contributed by atoms with Crippen LogP contribution in [-0.2, 0) is 19.7 Å². The maximum Gasteiger partial charge on any atom is 0.339 e. The molecule has 0 saturated heterocycles. The number of aryl methyl sites for hydroxylation is 1. The second kappa shape index (κ2) is 9.44. The Kier molecular flexibility index (Phi) is 6.74. The monoisotopic (exact) mass is 611 g/mol. The van der Waals surface area contributed by atoms with Gasteiger partial charge in [0.15, 0.2) is 17.3 Å². The van der Waals surface area contributed by atoms with Crippen molar-refractivity contribution in [3.8, 4) is 5.75 Å². The highest BCUT2D eigenvalue weighted by atomic mass is 79.9. The summed E-state index contributed by atoms with van der Waals surface area (Å²) in [6.45, 7) is 10.3. The number of halogens is 1. The molecule has 0 atom stereocenters. The molecule has 0 N–H and O–H groups in total. The van der Waals surface area contributed by atoms with Crippen LogP contribution in [0.4, 0.5) is 0 Å². The molecule has 2 aromatic carbocycles. The average molecular weight is 613 g/mol. The zero-order valence-corrected chi connectivity index (χ0v) is 25.6. The van der Waals surface area contributed by atoms with Gasteiger partial charge in [-0.2, -0.15) is 8.42 Å². The Morgan fingerprint density at radius 1 is 0.846 bits per heavy atom. The van der Waals surface area contributed by atoms with Crippen LogP contribution in [0.1, 0.15) is 70.4 Å². The molecule has 2 aromatic rings. The van der Waals surface area contributed by atoms with Crippen molar-refractivity contribution >= 4 is 37.6 Å². The summed E-state index contributed by atoms with van der Waals surface area (Å²) in [5, 5.41) is 0. The van der Waals surface area contributed by atoms with Gasteiger partial charge < -0.3 is 9.08 Å². The molecule has 39 heavy (non-hydrogen) atoms. The standard InChI is InChI=1S/C31H34BrNO5S/c1-18-7-10-20(11-8-18)39(36,37)38-26-12-9-19(13-21(26)32)27-28-22(14-30(2,3)16-24(28)34)33(6)23-15-31(4,5)17-25(35)29(23)27/h7-13,27H,14-17H2,1-6H3. The van der Waals surface area contributed by atoms with Crippen LogP contribution in [0.15, 0.2) is 74.4 Å². The van der Waals surface area contributed by atoms with Crippen LogP contribution >= 0.6 is 15.9 Å². The van der Waals surface area contributed by atoms with Gasteiger partial charge in [-0.3, -0.25) is 9.59 Å². The number of nitrogens with zero attached hydrogens (tertiary/aromatic N) is 1. The molecule has 0 radical (unpaired) electrons. The largest absolute Gasteiger partial charge is 0.378 e. The lowest BCUT2D eigenvalue weighted by molar-refractivity contribution is -0.119. The van der Waals surface area contributed by atoms with E-state index >= 15 is 0 Å². The zero-order chi connectivity index (χ0) is 28.5. The summed E-state index contributed by atoms with van der Waals surface area (Å²) in [6.07, 6.45) is 2.30. The van der Waals surface area contributed by atoms with Gasteiger partial charge in [0, 0.05) is 48.3 Å². The van der Waals surface area contributed by atoms with Gasteiger partial charge in [0.05, 0.1) is 4.47 Å². The number of Topliss-reactive ketones (excluding diaryl/α,β-unsaturated/α-hetero) is 2. The van der Waals surface area contributed by atoms with E-state index in [1.54, 1.807) is 30.3 Å². The van der Waals surface area contributed by atoms with Crippen molar-refractivity contribution in [1.82, 2.24) is 4.90 Å². The van der Waals surface area contributed by atoms with E-state index in [2.05, 4.69) is 48.5 Å². The molecule has 5 rings (SSSR count). The minimum Gasteiger partial charge on any atom is -0.378 e. The van der Waals surface area contributed by atoms with E-state index in [-0.39, 0.29) is 33.0 Å². The first-order chi connectivity index (χ1) is 18.1. The second-order valence-corrected chi connectivity index (χ2v) is 15.0. The van der Waals surface area contributed by atoms with Crippen LogP contribution in [0.2, 0.25) is 0 Å². The predicted molar refractivity (Wildman–Crippen MR) is 154 cm³/mol. The quantitative estimate of drug-likeness (QED) is 0.352. The number of allylic oxidation sites excluding steroid dienone is 4. The third-order valence-corrected chi connectivity index (χ3v) is 9.85. The minimum absolute atomic E-state index is 0.0562. The summed E-state index contributed by atoms with van der Waals surface area (Å²) in [5.41, 5.74) is 4.66. The number of rotatable bonds is 4. The van der Waals surface area contributed by atoms with E-state index in [0.29, 0.717) is 28.5 Å². The Morgan fingerprint density at radius 2 is 1.36 bits per heavy atom. The molecule has 0 aromatic heterocycles. The molecule has 0 fully saturated rings. The fourth-order valence-corrected chi connectivity index (χ4v) is 7.67. The first-order valence-electron chi connectivity index (χ1n) is 13.2. The Balaban J connectivity index is 1.60. The van der Waals surface area contributed by atoms with Gasteiger partial charge in [0.25, 0.3) is 0 Å². The van der Waals surface area contributed by atoms with E-state index in [4.69, 9.17) is 4.18 Å². The molecule has 0 bridgehead atoms. The van der Waals surface area contributed by atoms with Crippen LogP contribution < -0.4 is 4.18 Å². The van der Waals surface area contributed by atoms with Crippen LogP contribution in [0.25, 0.3) is 0 Å². The Hall–Kier alpha value is -2.71. The lowest BCUT2D eigenvalue weighted by Crippen LogP contribution is -2.43. The van der Waals surface area contributed by atoms with Gasteiger partial charge in [0.1, 0.15) is 4.90 Å². The Bertz CT molecular complexity index is 1510. The van der Waals surface area contributed by atoms with Crippen LogP contribution in [0.5, 0.6) is 5.75 Å². The number of carbonyl (C=O) groups excluding carboxylic acids is 2. The Morgan fingerprint density at radius 3 is 1.85 bits per heavy atom. The molecule has 0 unspecified atom stereocenters. The van der Waals surface area contributed by atoms with E-state index in [9.17, 15) is 18.0 Å². The molecule has 206 valence electrons. The zero-order valence-electron chi connectivity index (χ0n) is 23.2. The summed E-state index contributed by atoms with van der Waals surface area (Å²) in [7, 11) is -2.06. The lowest BCUT2D eigenvalue weighted by Gasteiger charge is -2.47. The first-order valence-corrected chi connectivity index (χ1v) is 15.4. The third-order valence-electron chi connectivity index (χ3n) is 7.98. The number of hydrogen-bond donors (Lipinski definition) is 0. The number of ketones is 2. The third kappa shape index (κ3) is 5.13. The molecular formula is C31H34BrNO5S. The van der Waals surface area contributed by atoms with E-state index < -0.39 is 16.0 Å². The molecule has 6 nitrogen and oxygen atoms in total. The molecule has 3 aliphatic rings. The molecule has 8 heteroatoms. The molecular weight excluding hydrogens is 578 g/mol. The molecule has 0 saturated carbocycles. The van der Waals surface area contributed by atoms with Crippen LogP contribution in [0, 0.1) is 17.8 Å². The fraction of sp³-hybridized carbons (Fsp3) is 0.419. The highest BCUT2D eigenvalue weighted by Gasteiger charge is 2.48. The van der Waals surface area contributed by atoms with Crippen molar-refractivity contribution < 1.29 is 22.2 Å². The SMILES string of the molecule is Cc1ccc(S(=O)(=O)Oc2ccc(C3C4=C(CC(C)(C)CC4=O)N(C)C4=C3C(=O)CC(C)(C)C4)cc2Br)cc1. The highest BCUT2D eigenvalue weighted by Crippen LogP contribution is 2.54. The van der Waals surface area contributed by atoms with Crippen molar-refractivity contribution in [3.63, 3.8) is 0 Å².